The normalized spacial score (nSPS) is 14.3. The van der Waals surface area contributed by atoms with Gasteiger partial charge in [-0.15, -0.1) is 11.3 Å². The van der Waals surface area contributed by atoms with Crippen LogP contribution in [0.5, 0.6) is 0 Å². The number of amides is 1. The standard InChI is InChI=1S/C28H27N3O2S/c1-18-30-24-10-8-20(16-27(24)34-18)15-26(32)25(14-19-5-3-2-4-6-19)31-12-11-22-13-21(17-29)7-9-23(22)28(31)33/h2-10,13,16,25H,11-12,14-15,17,29H2,1H3/t25-/m0/s1. The topological polar surface area (TPSA) is 76.3 Å². The molecule has 0 bridgehead atoms. The van der Waals surface area contributed by atoms with Gasteiger partial charge in [-0.1, -0.05) is 48.5 Å². The summed E-state index contributed by atoms with van der Waals surface area (Å²) in [4.78, 5) is 33.5. The number of hydrogen-bond donors (Lipinski definition) is 1. The van der Waals surface area contributed by atoms with Crippen molar-refractivity contribution in [3.63, 3.8) is 0 Å². The molecule has 2 N–H and O–H groups in total. The second-order valence-corrected chi connectivity index (χ2v) is 10.1. The molecule has 5 rings (SSSR count). The minimum atomic E-state index is -0.517. The Bertz CT molecular complexity index is 1360. The van der Waals surface area contributed by atoms with Gasteiger partial charge >= 0.3 is 0 Å². The summed E-state index contributed by atoms with van der Waals surface area (Å²) in [5, 5.41) is 1.01. The number of thiazole rings is 1. The Labute approximate surface area is 203 Å². The first-order valence-electron chi connectivity index (χ1n) is 11.6. The molecule has 0 saturated heterocycles. The van der Waals surface area contributed by atoms with Gasteiger partial charge < -0.3 is 10.6 Å². The van der Waals surface area contributed by atoms with Gasteiger partial charge in [0.25, 0.3) is 5.91 Å². The number of rotatable bonds is 7. The highest BCUT2D eigenvalue weighted by Gasteiger charge is 2.34. The number of nitrogens with two attached hydrogens (primary N) is 1. The smallest absolute Gasteiger partial charge is 0.254 e. The van der Waals surface area contributed by atoms with E-state index in [1.807, 2.05) is 67.6 Å². The van der Waals surface area contributed by atoms with Crippen molar-refractivity contribution in [2.24, 2.45) is 5.73 Å². The van der Waals surface area contributed by atoms with Crippen LogP contribution < -0.4 is 5.73 Å². The molecule has 1 amide bonds. The molecular weight excluding hydrogens is 442 g/mol. The van der Waals surface area contributed by atoms with E-state index in [1.165, 1.54) is 0 Å². The summed E-state index contributed by atoms with van der Waals surface area (Å²) in [6.07, 6.45) is 1.51. The molecule has 172 valence electrons. The lowest BCUT2D eigenvalue weighted by Gasteiger charge is -2.35. The summed E-state index contributed by atoms with van der Waals surface area (Å²) in [7, 11) is 0. The Morgan fingerprint density at radius 1 is 1.06 bits per heavy atom. The first kappa shape index (κ1) is 22.4. The van der Waals surface area contributed by atoms with Gasteiger partial charge in [0.2, 0.25) is 0 Å². The van der Waals surface area contributed by atoms with Crippen LogP contribution in [-0.2, 0) is 30.6 Å². The second kappa shape index (κ2) is 9.49. The molecule has 0 radical (unpaired) electrons. The highest BCUT2D eigenvalue weighted by atomic mass is 32.1. The molecule has 1 aliphatic heterocycles. The molecule has 0 aliphatic carbocycles. The van der Waals surface area contributed by atoms with Crippen LogP contribution in [0.1, 0.15) is 37.6 Å². The van der Waals surface area contributed by atoms with E-state index in [0.29, 0.717) is 25.1 Å². The molecule has 0 saturated carbocycles. The number of nitrogens with zero attached hydrogens (tertiary/aromatic N) is 2. The third-order valence-electron chi connectivity index (χ3n) is 6.48. The Balaban J connectivity index is 1.44. The number of benzene rings is 3. The Morgan fingerprint density at radius 2 is 1.85 bits per heavy atom. The molecule has 5 nitrogen and oxygen atoms in total. The van der Waals surface area contributed by atoms with E-state index < -0.39 is 6.04 Å². The number of ketones is 1. The van der Waals surface area contributed by atoms with Gasteiger partial charge in [0.05, 0.1) is 21.3 Å². The van der Waals surface area contributed by atoms with Gasteiger partial charge in [0.15, 0.2) is 5.78 Å². The van der Waals surface area contributed by atoms with Gasteiger partial charge in [-0.25, -0.2) is 4.98 Å². The maximum absolute atomic E-state index is 13.7. The predicted octanol–water partition coefficient (Wildman–Crippen LogP) is 4.48. The molecular formula is C28H27N3O2S. The third kappa shape index (κ3) is 4.52. The van der Waals surface area contributed by atoms with Crippen molar-refractivity contribution in [1.82, 2.24) is 9.88 Å². The fraction of sp³-hybridized carbons (Fsp3) is 0.250. The maximum atomic E-state index is 13.7. The zero-order chi connectivity index (χ0) is 23.7. The van der Waals surface area contributed by atoms with E-state index in [-0.39, 0.29) is 18.1 Å². The first-order chi connectivity index (χ1) is 16.5. The fourth-order valence-corrected chi connectivity index (χ4v) is 5.62. The summed E-state index contributed by atoms with van der Waals surface area (Å²) in [5.41, 5.74) is 11.5. The van der Waals surface area contributed by atoms with E-state index in [2.05, 4.69) is 11.1 Å². The predicted molar refractivity (Wildman–Crippen MR) is 136 cm³/mol. The number of fused-ring (bicyclic) bond motifs is 2. The van der Waals surface area contributed by atoms with E-state index in [4.69, 9.17) is 5.73 Å². The summed E-state index contributed by atoms with van der Waals surface area (Å²) < 4.78 is 1.08. The average molecular weight is 470 g/mol. The van der Waals surface area contributed by atoms with Crippen LogP contribution in [0.2, 0.25) is 0 Å². The molecule has 6 heteroatoms. The van der Waals surface area contributed by atoms with Crippen LogP contribution in [0, 0.1) is 6.92 Å². The summed E-state index contributed by atoms with van der Waals surface area (Å²) in [6, 6.07) is 21.2. The molecule has 4 aromatic rings. The number of aryl methyl sites for hydroxylation is 1. The lowest BCUT2D eigenvalue weighted by atomic mass is 9.91. The van der Waals surface area contributed by atoms with Crippen molar-refractivity contribution >= 4 is 33.2 Å². The highest BCUT2D eigenvalue weighted by molar-refractivity contribution is 7.18. The summed E-state index contributed by atoms with van der Waals surface area (Å²) >= 11 is 1.63. The van der Waals surface area contributed by atoms with Crippen molar-refractivity contribution < 1.29 is 9.59 Å². The van der Waals surface area contributed by atoms with Crippen molar-refractivity contribution in [3.05, 3.63) is 99.6 Å². The van der Waals surface area contributed by atoms with Crippen LogP contribution in [0.15, 0.2) is 66.7 Å². The average Bonchev–Trinajstić information content (AvgIpc) is 3.22. The first-order valence-corrected chi connectivity index (χ1v) is 12.4. The summed E-state index contributed by atoms with van der Waals surface area (Å²) in [6.45, 7) is 2.96. The molecule has 1 aliphatic rings. The van der Waals surface area contributed by atoms with Gasteiger partial charge in [-0.05, 0) is 60.2 Å². The Kier molecular flexibility index (Phi) is 6.26. The molecule has 2 heterocycles. The number of carbonyl (C=O) groups is 2. The van der Waals surface area contributed by atoms with Crippen LogP contribution in [0.4, 0.5) is 0 Å². The number of aromatic nitrogens is 1. The zero-order valence-corrected chi connectivity index (χ0v) is 20.0. The number of carbonyl (C=O) groups excluding carboxylic acids is 2. The third-order valence-corrected chi connectivity index (χ3v) is 7.41. The monoisotopic (exact) mass is 469 g/mol. The van der Waals surface area contributed by atoms with E-state index in [9.17, 15) is 9.59 Å². The minimum Gasteiger partial charge on any atom is -0.328 e. The molecule has 3 aromatic carbocycles. The Morgan fingerprint density at radius 3 is 2.65 bits per heavy atom. The van der Waals surface area contributed by atoms with Crippen molar-refractivity contribution in [2.75, 3.05) is 6.54 Å². The quantitative estimate of drug-likeness (QED) is 0.433. The SMILES string of the molecule is Cc1nc2ccc(CC(=O)[C@H](Cc3ccccc3)N3CCc4cc(CN)ccc4C3=O)cc2s1. The Hall–Kier alpha value is -3.35. The molecule has 34 heavy (non-hydrogen) atoms. The van der Waals surface area contributed by atoms with Crippen molar-refractivity contribution in [2.45, 2.75) is 38.8 Å². The van der Waals surface area contributed by atoms with E-state index in [0.717, 1.165) is 43.9 Å². The van der Waals surface area contributed by atoms with Crippen molar-refractivity contribution in [1.29, 1.82) is 0 Å². The van der Waals surface area contributed by atoms with Gasteiger partial charge in [-0.3, -0.25) is 9.59 Å². The fourth-order valence-electron chi connectivity index (χ4n) is 4.73. The highest BCUT2D eigenvalue weighted by Crippen LogP contribution is 2.26. The zero-order valence-electron chi connectivity index (χ0n) is 19.2. The summed E-state index contributed by atoms with van der Waals surface area (Å²) in [5.74, 6) is -0.0209. The number of hydrogen-bond acceptors (Lipinski definition) is 5. The molecule has 0 spiro atoms. The van der Waals surface area contributed by atoms with Crippen LogP contribution >= 0.6 is 11.3 Å². The number of Topliss-reactive ketones (excluding diaryl/α,β-unsaturated/α-hetero) is 1. The largest absolute Gasteiger partial charge is 0.328 e. The van der Waals surface area contributed by atoms with E-state index >= 15 is 0 Å². The second-order valence-electron chi connectivity index (χ2n) is 8.83. The van der Waals surface area contributed by atoms with E-state index in [1.54, 1.807) is 16.2 Å². The molecule has 0 fully saturated rings. The van der Waals surface area contributed by atoms with Crippen LogP contribution in [0.25, 0.3) is 10.2 Å². The van der Waals surface area contributed by atoms with Gasteiger partial charge in [-0.2, -0.15) is 0 Å². The minimum absolute atomic E-state index is 0.0554. The van der Waals surface area contributed by atoms with Gasteiger partial charge in [0.1, 0.15) is 0 Å². The lowest BCUT2D eigenvalue weighted by molar-refractivity contribution is -0.123. The lowest BCUT2D eigenvalue weighted by Crippen LogP contribution is -2.50. The van der Waals surface area contributed by atoms with Crippen LogP contribution in [0.3, 0.4) is 0 Å². The molecule has 1 atom stereocenters. The maximum Gasteiger partial charge on any atom is 0.254 e. The van der Waals surface area contributed by atoms with Crippen LogP contribution in [-0.4, -0.2) is 34.2 Å². The molecule has 1 aromatic heterocycles. The van der Waals surface area contributed by atoms with Gasteiger partial charge in [0, 0.05) is 25.1 Å². The molecule has 0 unspecified atom stereocenters. The van der Waals surface area contributed by atoms with Crippen molar-refractivity contribution in [3.8, 4) is 0 Å².